The summed E-state index contributed by atoms with van der Waals surface area (Å²) < 4.78 is 3.86. The predicted molar refractivity (Wildman–Crippen MR) is 77.7 cm³/mol. The molecule has 0 fully saturated rings. The largest absolute Gasteiger partial charge is 0.325 e. The topological polar surface area (TPSA) is 61.1 Å². The van der Waals surface area contributed by atoms with Gasteiger partial charge in [-0.3, -0.25) is 0 Å². The summed E-state index contributed by atoms with van der Waals surface area (Å²) in [5, 5.41) is 5.55. The molecule has 2 N–H and O–H groups in total. The highest BCUT2D eigenvalue weighted by Crippen LogP contribution is 2.21. The van der Waals surface area contributed by atoms with Crippen molar-refractivity contribution in [3.63, 3.8) is 0 Å². The fourth-order valence-electron chi connectivity index (χ4n) is 2.53. The number of para-hydroxylation sites is 1. The van der Waals surface area contributed by atoms with E-state index in [0.29, 0.717) is 6.54 Å². The van der Waals surface area contributed by atoms with Crippen LogP contribution in [0, 0.1) is 0 Å². The molecule has 0 unspecified atom stereocenters. The van der Waals surface area contributed by atoms with Crippen molar-refractivity contribution in [2.45, 2.75) is 6.54 Å². The number of hydrogen-bond donors (Lipinski definition) is 1. The molecule has 5 heteroatoms. The van der Waals surface area contributed by atoms with Gasteiger partial charge >= 0.3 is 0 Å². The highest BCUT2D eigenvalue weighted by Gasteiger charge is 2.14. The van der Waals surface area contributed by atoms with Crippen molar-refractivity contribution in [1.29, 1.82) is 0 Å². The third-order valence-corrected chi connectivity index (χ3v) is 3.48. The van der Waals surface area contributed by atoms with Crippen molar-refractivity contribution in [2.24, 2.45) is 5.73 Å². The van der Waals surface area contributed by atoms with E-state index in [-0.39, 0.29) is 0 Å². The molecule has 1 aromatic carbocycles. The second kappa shape index (κ2) is 4.18. The van der Waals surface area contributed by atoms with Crippen LogP contribution in [0.3, 0.4) is 0 Å². The zero-order valence-electron chi connectivity index (χ0n) is 10.8. The Morgan fingerprint density at radius 3 is 2.80 bits per heavy atom. The van der Waals surface area contributed by atoms with Crippen LogP contribution >= 0.6 is 0 Å². The van der Waals surface area contributed by atoms with Crippen molar-refractivity contribution in [3.05, 3.63) is 60.6 Å². The Morgan fingerprint density at radius 2 is 1.90 bits per heavy atom. The molecule has 0 atom stereocenters. The Balaban J connectivity index is 2.07. The Hall–Kier alpha value is -2.66. The lowest BCUT2D eigenvalue weighted by Gasteiger charge is -2.03. The zero-order chi connectivity index (χ0) is 13.5. The van der Waals surface area contributed by atoms with Crippen molar-refractivity contribution >= 4 is 16.6 Å². The van der Waals surface area contributed by atoms with Crippen LogP contribution in [-0.4, -0.2) is 19.2 Å². The molecule has 5 nitrogen and oxygen atoms in total. The molecule has 3 heterocycles. The third-order valence-electron chi connectivity index (χ3n) is 3.48. The smallest absolute Gasteiger partial charge is 0.177 e. The number of aromatic nitrogens is 4. The summed E-state index contributed by atoms with van der Waals surface area (Å²) in [4.78, 5) is 4.66. The monoisotopic (exact) mass is 263 g/mol. The first kappa shape index (κ1) is 11.2. The summed E-state index contributed by atoms with van der Waals surface area (Å²) in [7, 11) is 0. The summed E-state index contributed by atoms with van der Waals surface area (Å²) >= 11 is 0. The number of rotatable bonds is 2. The van der Waals surface area contributed by atoms with Gasteiger partial charge in [-0.2, -0.15) is 5.10 Å². The molecule has 0 amide bonds. The normalized spacial score (nSPS) is 11.4. The lowest BCUT2D eigenvalue weighted by atomic mass is 10.2. The lowest BCUT2D eigenvalue weighted by molar-refractivity contribution is 0.847. The molecule has 3 aromatic heterocycles. The van der Waals surface area contributed by atoms with E-state index in [4.69, 9.17) is 5.73 Å². The Morgan fingerprint density at radius 1 is 1.05 bits per heavy atom. The van der Waals surface area contributed by atoms with E-state index in [9.17, 15) is 0 Å². The van der Waals surface area contributed by atoms with Crippen LogP contribution in [0.1, 0.15) is 5.69 Å². The first-order valence-electron chi connectivity index (χ1n) is 6.47. The summed E-state index contributed by atoms with van der Waals surface area (Å²) in [5.41, 5.74) is 8.77. The molecule has 0 aliphatic rings. The molecule has 0 aliphatic heterocycles. The Labute approximate surface area is 115 Å². The van der Waals surface area contributed by atoms with Crippen LogP contribution in [0.2, 0.25) is 0 Å². The van der Waals surface area contributed by atoms with E-state index >= 15 is 0 Å². The summed E-state index contributed by atoms with van der Waals surface area (Å²) in [5.74, 6) is 0.792. The van der Waals surface area contributed by atoms with E-state index < -0.39 is 0 Å². The molecule has 98 valence electrons. The van der Waals surface area contributed by atoms with Crippen LogP contribution in [0.15, 0.2) is 54.9 Å². The van der Waals surface area contributed by atoms with E-state index in [1.165, 1.54) is 0 Å². The standard InChI is InChI=1S/C15H13N5/c16-9-13-15(18-14-7-3-4-8-19(13)14)20-12-6-2-1-5-11(12)10-17-20/h1-8,10H,9,16H2. The highest BCUT2D eigenvalue weighted by molar-refractivity contribution is 5.80. The molecule has 20 heavy (non-hydrogen) atoms. The number of pyridine rings is 1. The summed E-state index contributed by atoms with van der Waals surface area (Å²) in [6.45, 7) is 0.411. The van der Waals surface area contributed by atoms with Crippen molar-refractivity contribution in [1.82, 2.24) is 19.2 Å². The maximum Gasteiger partial charge on any atom is 0.177 e. The Bertz CT molecular complexity index is 903. The van der Waals surface area contributed by atoms with E-state index in [1.54, 1.807) is 0 Å². The van der Waals surface area contributed by atoms with Crippen LogP contribution in [0.5, 0.6) is 0 Å². The van der Waals surface area contributed by atoms with Crippen molar-refractivity contribution < 1.29 is 0 Å². The van der Waals surface area contributed by atoms with Gasteiger partial charge in [0.05, 0.1) is 17.4 Å². The molecule has 4 rings (SSSR count). The minimum atomic E-state index is 0.411. The van der Waals surface area contributed by atoms with E-state index in [1.807, 2.05) is 63.9 Å². The summed E-state index contributed by atoms with van der Waals surface area (Å²) in [6.07, 6.45) is 3.82. The van der Waals surface area contributed by atoms with Crippen LogP contribution in [-0.2, 0) is 6.54 Å². The van der Waals surface area contributed by atoms with Crippen LogP contribution in [0.4, 0.5) is 0 Å². The van der Waals surface area contributed by atoms with Gasteiger partial charge in [0.1, 0.15) is 5.65 Å². The molecule has 0 aliphatic carbocycles. The van der Waals surface area contributed by atoms with Crippen LogP contribution in [0.25, 0.3) is 22.4 Å². The number of imidazole rings is 1. The first-order chi connectivity index (χ1) is 9.88. The third kappa shape index (κ3) is 1.47. The average Bonchev–Trinajstić information content (AvgIpc) is 3.07. The number of hydrogen-bond acceptors (Lipinski definition) is 3. The molecular weight excluding hydrogens is 250 g/mol. The van der Waals surface area contributed by atoms with Crippen molar-refractivity contribution in [3.8, 4) is 5.82 Å². The second-order valence-electron chi connectivity index (χ2n) is 4.63. The maximum atomic E-state index is 5.91. The minimum Gasteiger partial charge on any atom is -0.325 e. The predicted octanol–water partition coefficient (Wildman–Crippen LogP) is 2.13. The first-order valence-corrected chi connectivity index (χ1v) is 6.47. The number of nitrogens with two attached hydrogens (primary N) is 1. The van der Waals surface area contributed by atoms with Gasteiger partial charge in [0.25, 0.3) is 0 Å². The van der Waals surface area contributed by atoms with Gasteiger partial charge in [0, 0.05) is 18.1 Å². The molecule has 0 saturated carbocycles. The highest BCUT2D eigenvalue weighted by atomic mass is 15.3. The molecule has 4 aromatic rings. The van der Waals surface area contributed by atoms with Gasteiger partial charge in [-0.15, -0.1) is 0 Å². The van der Waals surface area contributed by atoms with Gasteiger partial charge in [0.15, 0.2) is 5.82 Å². The average molecular weight is 263 g/mol. The van der Waals surface area contributed by atoms with Gasteiger partial charge in [0.2, 0.25) is 0 Å². The van der Waals surface area contributed by atoms with Gasteiger partial charge in [-0.05, 0) is 18.2 Å². The van der Waals surface area contributed by atoms with E-state index in [2.05, 4.69) is 10.1 Å². The lowest BCUT2D eigenvalue weighted by Crippen LogP contribution is -2.07. The minimum absolute atomic E-state index is 0.411. The molecular formula is C15H13N5. The molecule has 0 bridgehead atoms. The molecule has 0 saturated heterocycles. The second-order valence-corrected chi connectivity index (χ2v) is 4.63. The number of fused-ring (bicyclic) bond motifs is 2. The van der Waals surface area contributed by atoms with Crippen LogP contribution < -0.4 is 5.73 Å². The molecule has 0 radical (unpaired) electrons. The van der Waals surface area contributed by atoms with Gasteiger partial charge in [-0.1, -0.05) is 24.3 Å². The SMILES string of the molecule is NCc1c(-n2ncc3ccccc32)nc2ccccn12. The quantitative estimate of drug-likeness (QED) is 0.602. The summed E-state index contributed by atoms with van der Waals surface area (Å²) in [6, 6.07) is 14.0. The fraction of sp³-hybridized carbons (Fsp3) is 0.0667. The van der Waals surface area contributed by atoms with Crippen molar-refractivity contribution in [2.75, 3.05) is 0 Å². The Kier molecular flexibility index (Phi) is 2.34. The maximum absolute atomic E-state index is 5.91. The number of nitrogens with zero attached hydrogens (tertiary/aromatic N) is 4. The molecule has 0 spiro atoms. The number of benzene rings is 1. The van der Waals surface area contributed by atoms with Gasteiger partial charge < -0.3 is 10.1 Å². The zero-order valence-corrected chi connectivity index (χ0v) is 10.8. The van der Waals surface area contributed by atoms with E-state index in [0.717, 1.165) is 28.1 Å². The van der Waals surface area contributed by atoms with Gasteiger partial charge in [-0.25, -0.2) is 9.67 Å². The fourth-order valence-corrected chi connectivity index (χ4v) is 2.53.